The summed E-state index contributed by atoms with van der Waals surface area (Å²) in [6.45, 7) is 1.75. The van der Waals surface area contributed by atoms with Crippen molar-refractivity contribution in [3.05, 3.63) is 64.6 Å². The number of benzene rings is 2. The van der Waals surface area contributed by atoms with Gasteiger partial charge in [0.1, 0.15) is 11.6 Å². The van der Waals surface area contributed by atoms with Crippen molar-refractivity contribution in [2.45, 2.75) is 6.42 Å². The van der Waals surface area contributed by atoms with Gasteiger partial charge < -0.3 is 15.0 Å². The number of pyridine rings is 1. The van der Waals surface area contributed by atoms with Crippen molar-refractivity contribution < 1.29 is 9.13 Å². The molecule has 0 amide bonds. The molecule has 4 nitrogen and oxygen atoms in total. The number of halogens is 2. The van der Waals surface area contributed by atoms with Crippen LogP contribution in [-0.2, 0) is 0 Å². The van der Waals surface area contributed by atoms with Crippen LogP contribution in [0.15, 0.2) is 42.5 Å². The molecule has 152 valence electrons. The van der Waals surface area contributed by atoms with Crippen LogP contribution in [0, 0.1) is 5.82 Å². The summed E-state index contributed by atoms with van der Waals surface area (Å²) in [7, 11) is 5.73. The van der Waals surface area contributed by atoms with Crippen molar-refractivity contribution in [2.75, 3.05) is 39.6 Å². The number of ether oxygens (including phenoxy) is 1. The first kappa shape index (κ1) is 21.1. The van der Waals surface area contributed by atoms with E-state index in [-0.39, 0.29) is 5.02 Å². The largest absolute Gasteiger partial charge is 0.497 e. The molecule has 6 heteroatoms. The standard InChI is InChI=1S/C23H25ClFN3O/c1-28(2)12-4-11-26-22-13-17(8-5-16-6-9-18(29-3)10-7-16)27-23-15-20(24)21(25)14-19(22)23/h5-10,13-15H,4,11-12H2,1-3H3,(H,26,27)/b8-5+. The maximum absolute atomic E-state index is 14.0. The van der Waals surface area contributed by atoms with E-state index in [0.717, 1.165) is 47.6 Å². The van der Waals surface area contributed by atoms with Gasteiger partial charge in [0.2, 0.25) is 0 Å². The van der Waals surface area contributed by atoms with Crippen molar-refractivity contribution in [3.63, 3.8) is 0 Å². The first-order chi connectivity index (χ1) is 14.0. The van der Waals surface area contributed by atoms with Gasteiger partial charge in [0.15, 0.2) is 0 Å². The summed E-state index contributed by atoms with van der Waals surface area (Å²) >= 11 is 5.98. The molecule has 0 aliphatic rings. The minimum absolute atomic E-state index is 0.0693. The Balaban J connectivity index is 1.89. The fourth-order valence-corrected chi connectivity index (χ4v) is 3.15. The van der Waals surface area contributed by atoms with E-state index in [0.29, 0.717) is 5.52 Å². The van der Waals surface area contributed by atoms with E-state index in [2.05, 4.69) is 15.2 Å². The minimum atomic E-state index is -0.446. The highest BCUT2D eigenvalue weighted by Gasteiger charge is 2.09. The number of rotatable bonds is 8. The fourth-order valence-electron chi connectivity index (χ4n) is 2.99. The van der Waals surface area contributed by atoms with Crippen LogP contribution in [0.25, 0.3) is 23.1 Å². The van der Waals surface area contributed by atoms with Crippen LogP contribution in [0.1, 0.15) is 17.7 Å². The van der Waals surface area contributed by atoms with Crippen LogP contribution in [0.4, 0.5) is 10.1 Å². The summed E-state index contributed by atoms with van der Waals surface area (Å²) in [6, 6.07) is 12.7. The number of aromatic nitrogens is 1. The molecule has 3 rings (SSSR count). The molecule has 1 aromatic heterocycles. The van der Waals surface area contributed by atoms with Crippen molar-refractivity contribution in [1.82, 2.24) is 9.88 Å². The summed E-state index contributed by atoms with van der Waals surface area (Å²) < 4.78 is 19.2. The summed E-state index contributed by atoms with van der Waals surface area (Å²) in [6.07, 6.45) is 4.89. The Labute approximate surface area is 176 Å². The monoisotopic (exact) mass is 413 g/mol. The van der Waals surface area contributed by atoms with E-state index >= 15 is 0 Å². The number of hydrogen-bond acceptors (Lipinski definition) is 4. The number of methoxy groups -OCH3 is 1. The number of hydrogen-bond donors (Lipinski definition) is 1. The Kier molecular flexibility index (Phi) is 7.07. The smallest absolute Gasteiger partial charge is 0.142 e. The Morgan fingerprint density at radius 3 is 2.59 bits per heavy atom. The molecule has 29 heavy (non-hydrogen) atoms. The lowest BCUT2D eigenvalue weighted by Gasteiger charge is -2.13. The molecule has 0 bridgehead atoms. The summed E-state index contributed by atoms with van der Waals surface area (Å²) in [4.78, 5) is 6.77. The number of nitrogens with one attached hydrogen (secondary N) is 1. The summed E-state index contributed by atoms with van der Waals surface area (Å²) in [5.74, 6) is 0.366. The van der Waals surface area contributed by atoms with Crippen LogP contribution >= 0.6 is 11.6 Å². The first-order valence-corrected chi connectivity index (χ1v) is 9.84. The molecule has 0 spiro atoms. The molecule has 2 aromatic carbocycles. The van der Waals surface area contributed by atoms with Crippen LogP contribution in [0.5, 0.6) is 5.75 Å². The average molecular weight is 414 g/mol. The van der Waals surface area contributed by atoms with Crippen molar-refractivity contribution >= 4 is 40.3 Å². The third kappa shape index (κ3) is 5.68. The lowest BCUT2D eigenvalue weighted by molar-refractivity contribution is 0.405. The van der Waals surface area contributed by atoms with Gasteiger partial charge in [0.05, 0.1) is 23.3 Å². The van der Waals surface area contributed by atoms with E-state index in [9.17, 15) is 4.39 Å². The third-order valence-electron chi connectivity index (χ3n) is 4.53. The molecule has 0 atom stereocenters. The summed E-state index contributed by atoms with van der Waals surface area (Å²) in [5.41, 5.74) is 3.30. The van der Waals surface area contributed by atoms with Gasteiger partial charge in [-0.1, -0.05) is 29.8 Å². The maximum atomic E-state index is 14.0. The van der Waals surface area contributed by atoms with Gasteiger partial charge >= 0.3 is 0 Å². The number of anilines is 1. The zero-order valence-corrected chi connectivity index (χ0v) is 17.6. The van der Waals surface area contributed by atoms with E-state index in [1.807, 2.05) is 56.6 Å². The van der Waals surface area contributed by atoms with E-state index in [4.69, 9.17) is 16.3 Å². The highest BCUT2D eigenvalue weighted by molar-refractivity contribution is 6.31. The Bertz CT molecular complexity index is 1000. The van der Waals surface area contributed by atoms with Gasteiger partial charge in [-0.2, -0.15) is 0 Å². The number of nitrogens with zero attached hydrogens (tertiary/aromatic N) is 2. The SMILES string of the molecule is COc1ccc(/C=C/c2cc(NCCCN(C)C)c3cc(F)c(Cl)cc3n2)cc1. The second-order valence-electron chi connectivity index (χ2n) is 7.07. The molecule has 3 aromatic rings. The van der Waals surface area contributed by atoms with E-state index in [1.165, 1.54) is 6.07 Å². The average Bonchev–Trinajstić information content (AvgIpc) is 2.71. The maximum Gasteiger partial charge on any atom is 0.142 e. The van der Waals surface area contributed by atoms with E-state index in [1.54, 1.807) is 13.2 Å². The summed E-state index contributed by atoms with van der Waals surface area (Å²) in [5, 5.41) is 4.21. The van der Waals surface area contributed by atoms with Crippen LogP contribution < -0.4 is 10.1 Å². The predicted molar refractivity (Wildman–Crippen MR) is 120 cm³/mol. The Hall–Kier alpha value is -2.63. The molecule has 1 N–H and O–H groups in total. The number of fused-ring (bicyclic) bond motifs is 1. The molecular weight excluding hydrogens is 389 g/mol. The van der Waals surface area contributed by atoms with Crippen LogP contribution in [0.3, 0.4) is 0 Å². The van der Waals surface area contributed by atoms with Gasteiger partial charge in [0, 0.05) is 17.6 Å². The highest BCUT2D eigenvalue weighted by atomic mass is 35.5. The highest BCUT2D eigenvalue weighted by Crippen LogP contribution is 2.29. The zero-order chi connectivity index (χ0) is 20.8. The lowest BCUT2D eigenvalue weighted by atomic mass is 10.1. The molecular formula is C23H25ClFN3O. The van der Waals surface area contributed by atoms with Crippen LogP contribution in [-0.4, -0.2) is 44.2 Å². The molecule has 0 aliphatic heterocycles. The second kappa shape index (κ2) is 9.72. The minimum Gasteiger partial charge on any atom is -0.497 e. The van der Waals surface area contributed by atoms with Crippen molar-refractivity contribution in [3.8, 4) is 5.75 Å². The normalized spacial score (nSPS) is 11.5. The second-order valence-corrected chi connectivity index (χ2v) is 7.48. The first-order valence-electron chi connectivity index (χ1n) is 9.47. The molecule has 0 unspecified atom stereocenters. The van der Waals surface area contributed by atoms with Gasteiger partial charge in [-0.25, -0.2) is 9.37 Å². The van der Waals surface area contributed by atoms with Gasteiger partial charge in [-0.15, -0.1) is 0 Å². The van der Waals surface area contributed by atoms with Gasteiger partial charge in [-0.05, 0) is 69.0 Å². The molecule has 1 heterocycles. The molecule has 0 aliphatic carbocycles. The van der Waals surface area contributed by atoms with Crippen molar-refractivity contribution in [1.29, 1.82) is 0 Å². The topological polar surface area (TPSA) is 37.4 Å². The lowest BCUT2D eigenvalue weighted by Crippen LogP contribution is -2.16. The Morgan fingerprint density at radius 2 is 1.90 bits per heavy atom. The fraction of sp³-hybridized carbons (Fsp3) is 0.261. The molecule has 0 saturated heterocycles. The predicted octanol–water partition coefficient (Wildman–Crippen LogP) is 5.57. The molecule has 0 saturated carbocycles. The quantitative estimate of drug-likeness (QED) is 0.490. The van der Waals surface area contributed by atoms with Crippen molar-refractivity contribution in [2.24, 2.45) is 0 Å². The molecule has 0 radical (unpaired) electrons. The molecule has 0 fully saturated rings. The van der Waals surface area contributed by atoms with Gasteiger partial charge in [-0.3, -0.25) is 0 Å². The third-order valence-corrected chi connectivity index (χ3v) is 4.82. The Morgan fingerprint density at radius 1 is 1.14 bits per heavy atom. The van der Waals surface area contributed by atoms with Crippen LogP contribution in [0.2, 0.25) is 5.02 Å². The zero-order valence-electron chi connectivity index (χ0n) is 16.9. The van der Waals surface area contributed by atoms with E-state index < -0.39 is 5.82 Å². The van der Waals surface area contributed by atoms with Gasteiger partial charge in [0.25, 0.3) is 0 Å².